The Bertz CT molecular complexity index is 379. The van der Waals surface area contributed by atoms with Crippen LogP contribution in [0.5, 0.6) is 11.5 Å². The molecule has 0 saturated carbocycles. The first-order valence-electron chi connectivity index (χ1n) is 4.56. The first kappa shape index (κ1) is 12.3. The van der Waals surface area contributed by atoms with Crippen LogP contribution >= 0.6 is 0 Å². The Morgan fingerprint density at radius 2 is 2.25 bits per heavy atom. The van der Waals surface area contributed by atoms with Gasteiger partial charge in [-0.15, -0.1) is 0 Å². The fourth-order valence-electron chi connectivity index (χ4n) is 1.27. The van der Waals surface area contributed by atoms with Crippen molar-refractivity contribution in [1.82, 2.24) is 5.48 Å². The summed E-state index contributed by atoms with van der Waals surface area (Å²) in [6, 6.07) is 3.40. The van der Waals surface area contributed by atoms with Gasteiger partial charge >= 0.3 is 5.97 Å². The lowest BCUT2D eigenvalue weighted by molar-refractivity contribution is -0.142. The summed E-state index contributed by atoms with van der Waals surface area (Å²) in [6.07, 6.45) is 0.0858. The van der Waals surface area contributed by atoms with Crippen LogP contribution in [0.1, 0.15) is 5.56 Å². The normalized spacial score (nSPS) is 12.1. The molecule has 0 unspecified atom stereocenters. The molecule has 0 aromatic heterocycles. The first-order valence-corrected chi connectivity index (χ1v) is 4.56. The fraction of sp³-hybridized carbons (Fsp3) is 0.300. The maximum absolute atomic E-state index is 10.7. The Hall–Kier alpha value is -1.79. The number of carboxylic acids is 1. The number of nitrogens with one attached hydrogen (secondary N) is 1. The molecule has 4 N–H and O–H groups in total. The second-order valence-corrected chi connectivity index (χ2v) is 3.23. The zero-order chi connectivity index (χ0) is 12.1. The molecule has 6 heteroatoms. The van der Waals surface area contributed by atoms with Crippen molar-refractivity contribution in [2.75, 3.05) is 7.11 Å². The van der Waals surface area contributed by atoms with Gasteiger partial charge in [0, 0.05) is 6.42 Å². The Kier molecular flexibility index (Phi) is 4.10. The third kappa shape index (κ3) is 2.85. The molecule has 0 fully saturated rings. The summed E-state index contributed by atoms with van der Waals surface area (Å²) in [5, 5.41) is 26.7. The summed E-state index contributed by atoms with van der Waals surface area (Å²) in [5.74, 6) is -0.913. The summed E-state index contributed by atoms with van der Waals surface area (Å²) in [7, 11) is 1.40. The van der Waals surface area contributed by atoms with E-state index in [0.717, 1.165) is 0 Å². The van der Waals surface area contributed by atoms with Gasteiger partial charge in [0.15, 0.2) is 11.5 Å². The van der Waals surface area contributed by atoms with E-state index in [0.29, 0.717) is 5.56 Å². The molecule has 1 atom stereocenters. The molecule has 0 saturated heterocycles. The number of aromatic hydroxyl groups is 1. The maximum atomic E-state index is 10.7. The number of phenols is 1. The van der Waals surface area contributed by atoms with E-state index in [2.05, 4.69) is 0 Å². The lowest BCUT2D eigenvalue weighted by Gasteiger charge is -2.11. The zero-order valence-corrected chi connectivity index (χ0v) is 8.67. The van der Waals surface area contributed by atoms with Crippen LogP contribution in [0.15, 0.2) is 18.2 Å². The lowest BCUT2D eigenvalue weighted by Crippen LogP contribution is -2.36. The molecular formula is C10H13NO5. The number of hydrogen-bond donors (Lipinski definition) is 4. The minimum Gasteiger partial charge on any atom is -0.504 e. The molecule has 0 aliphatic heterocycles. The van der Waals surface area contributed by atoms with Gasteiger partial charge in [0.1, 0.15) is 6.04 Å². The summed E-state index contributed by atoms with van der Waals surface area (Å²) in [6.45, 7) is 0. The van der Waals surface area contributed by atoms with Gasteiger partial charge < -0.3 is 20.2 Å². The maximum Gasteiger partial charge on any atom is 0.323 e. The average molecular weight is 227 g/mol. The number of benzene rings is 1. The molecule has 0 bridgehead atoms. The van der Waals surface area contributed by atoms with Gasteiger partial charge in [0.2, 0.25) is 0 Å². The predicted molar refractivity (Wildman–Crippen MR) is 54.7 cm³/mol. The summed E-state index contributed by atoms with van der Waals surface area (Å²) >= 11 is 0. The highest BCUT2D eigenvalue weighted by molar-refractivity contribution is 5.73. The van der Waals surface area contributed by atoms with Crippen molar-refractivity contribution in [2.24, 2.45) is 0 Å². The molecule has 16 heavy (non-hydrogen) atoms. The van der Waals surface area contributed by atoms with E-state index >= 15 is 0 Å². The molecule has 1 rings (SSSR count). The van der Waals surface area contributed by atoms with Crippen molar-refractivity contribution < 1.29 is 25.0 Å². The number of carboxylic acid groups (broad SMARTS) is 1. The van der Waals surface area contributed by atoms with E-state index in [1.807, 2.05) is 0 Å². The van der Waals surface area contributed by atoms with Gasteiger partial charge in [0.05, 0.1) is 7.11 Å². The molecule has 0 amide bonds. The molecule has 1 aromatic rings. The van der Waals surface area contributed by atoms with Crippen molar-refractivity contribution in [1.29, 1.82) is 0 Å². The average Bonchev–Trinajstić information content (AvgIpc) is 2.27. The van der Waals surface area contributed by atoms with E-state index in [1.165, 1.54) is 19.2 Å². The topological polar surface area (TPSA) is 99.0 Å². The number of carbonyl (C=O) groups is 1. The molecule has 6 nitrogen and oxygen atoms in total. The van der Waals surface area contributed by atoms with Gasteiger partial charge in [-0.1, -0.05) is 6.07 Å². The van der Waals surface area contributed by atoms with Crippen LogP contribution in [0.4, 0.5) is 0 Å². The molecule has 1 aromatic carbocycles. The second kappa shape index (κ2) is 5.34. The van der Waals surface area contributed by atoms with Gasteiger partial charge in [-0.3, -0.25) is 4.79 Å². The number of hydrogen-bond acceptors (Lipinski definition) is 5. The third-order valence-electron chi connectivity index (χ3n) is 2.14. The van der Waals surface area contributed by atoms with Gasteiger partial charge in [-0.2, -0.15) is 5.48 Å². The molecular weight excluding hydrogens is 214 g/mol. The van der Waals surface area contributed by atoms with Crippen molar-refractivity contribution in [3.05, 3.63) is 23.8 Å². The van der Waals surface area contributed by atoms with E-state index in [-0.39, 0.29) is 17.9 Å². The van der Waals surface area contributed by atoms with Crippen LogP contribution in [0, 0.1) is 0 Å². The highest BCUT2D eigenvalue weighted by Crippen LogP contribution is 2.26. The Morgan fingerprint density at radius 1 is 1.56 bits per heavy atom. The molecule has 0 aliphatic carbocycles. The Labute approximate surface area is 92.1 Å². The van der Waals surface area contributed by atoms with Crippen LogP contribution in [-0.2, 0) is 11.2 Å². The monoisotopic (exact) mass is 227 g/mol. The minimum atomic E-state index is -1.16. The van der Waals surface area contributed by atoms with E-state index in [1.54, 1.807) is 11.5 Å². The van der Waals surface area contributed by atoms with Gasteiger partial charge in [0.25, 0.3) is 0 Å². The summed E-state index contributed by atoms with van der Waals surface area (Å²) in [4.78, 5) is 10.7. The summed E-state index contributed by atoms with van der Waals surface area (Å²) in [5.41, 5.74) is 2.33. The van der Waals surface area contributed by atoms with E-state index in [9.17, 15) is 9.90 Å². The zero-order valence-electron chi connectivity index (χ0n) is 8.67. The van der Waals surface area contributed by atoms with Crippen LogP contribution in [0.3, 0.4) is 0 Å². The van der Waals surface area contributed by atoms with Crippen LogP contribution in [0.2, 0.25) is 0 Å². The predicted octanol–water partition coefficient (Wildman–Crippen LogP) is 0.375. The van der Waals surface area contributed by atoms with Crippen LogP contribution < -0.4 is 10.2 Å². The number of hydroxylamine groups is 1. The van der Waals surface area contributed by atoms with Gasteiger partial charge in [-0.05, 0) is 17.7 Å². The molecule has 0 heterocycles. The number of phenolic OH excluding ortho intramolecular Hbond substituents is 1. The lowest BCUT2D eigenvalue weighted by atomic mass is 10.1. The van der Waals surface area contributed by atoms with E-state index < -0.39 is 12.0 Å². The van der Waals surface area contributed by atoms with Gasteiger partial charge in [-0.25, -0.2) is 0 Å². The molecule has 0 radical (unpaired) electrons. The number of methoxy groups -OCH3 is 1. The van der Waals surface area contributed by atoms with Crippen molar-refractivity contribution in [2.45, 2.75) is 12.5 Å². The summed E-state index contributed by atoms with van der Waals surface area (Å²) < 4.78 is 4.88. The SMILES string of the molecule is COc1cc(C[C@H](NO)C(=O)O)ccc1O. The minimum absolute atomic E-state index is 0.0184. The number of rotatable bonds is 5. The van der Waals surface area contributed by atoms with Crippen molar-refractivity contribution in [3.8, 4) is 11.5 Å². The van der Waals surface area contributed by atoms with Crippen LogP contribution in [-0.4, -0.2) is 34.5 Å². The quantitative estimate of drug-likeness (QED) is 0.542. The standard InChI is InChI=1S/C10H13NO5/c1-16-9-5-6(2-3-8(9)12)4-7(11-15)10(13)14/h2-3,5,7,11-12,15H,4H2,1H3,(H,13,14)/t7-/m0/s1. The number of aliphatic carboxylic acids is 1. The van der Waals surface area contributed by atoms with Crippen LogP contribution in [0.25, 0.3) is 0 Å². The highest BCUT2D eigenvalue weighted by Gasteiger charge is 2.17. The Morgan fingerprint density at radius 3 is 2.75 bits per heavy atom. The Balaban J connectivity index is 2.84. The highest BCUT2D eigenvalue weighted by atomic mass is 16.5. The first-order chi connectivity index (χ1) is 7.58. The van der Waals surface area contributed by atoms with Crippen molar-refractivity contribution >= 4 is 5.97 Å². The molecule has 0 spiro atoms. The fourth-order valence-corrected chi connectivity index (χ4v) is 1.27. The molecule has 0 aliphatic rings. The largest absolute Gasteiger partial charge is 0.504 e. The number of ether oxygens (including phenoxy) is 1. The smallest absolute Gasteiger partial charge is 0.323 e. The van der Waals surface area contributed by atoms with Crippen molar-refractivity contribution in [3.63, 3.8) is 0 Å². The van der Waals surface area contributed by atoms with E-state index in [4.69, 9.17) is 15.1 Å². The molecule has 88 valence electrons. The third-order valence-corrected chi connectivity index (χ3v) is 2.14. The second-order valence-electron chi connectivity index (χ2n) is 3.23.